The summed E-state index contributed by atoms with van der Waals surface area (Å²) in [5.74, 6) is 1.79. The number of nitrogens with one attached hydrogen (secondary N) is 2. The number of carbonyl (C=O) groups excluding carboxylic acids is 1. The highest BCUT2D eigenvalue weighted by molar-refractivity contribution is 5.76. The van der Waals surface area contributed by atoms with Crippen molar-refractivity contribution < 1.29 is 9.53 Å². The number of hydrogen-bond acceptors (Lipinski definition) is 3. The van der Waals surface area contributed by atoms with Crippen LogP contribution in [0.2, 0.25) is 0 Å². The van der Waals surface area contributed by atoms with Crippen LogP contribution in [-0.4, -0.2) is 30.1 Å². The van der Waals surface area contributed by atoms with Crippen molar-refractivity contribution >= 4 is 5.91 Å². The zero-order valence-corrected chi connectivity index (χ0v) is 16.1. The van der Waals surface area contributed by atoms with Crippen molar-refractivity contribution in [3.63, 3.8) is 0 Å². The zero-order valence-electron chi connectivity index (χ0n) is 16.1. The highest BCUT2D eigenvalue weighted by Crippen LogP contribution is 2.41. The van der Waals surface area contributed by atoms with E-state index in [-0.39, 0.29) is 18.1 Å². The molecule has 1 saturated heterocycles. The predicted octanol–water partition coefficient (Wildman–Crippen LogP) is 3.37. The molecule has 2 unspecified atom stereocenters. The maximum atomic E-state index is 12.5. The molecule has 4 rings (SSSR count). The molecule has 2 heterocycles. The second-order valence-corrected chi connectivity index (χ2v) is 8.87. The van der Waals surface area contributed by atoms with Crippen LogP contribution < -0.4 is 15.4 Å². The number of ether oxygens (including phenoxy) is 1. The Morgan fingerprint density at radius 3 is 3.04 bits per heavy atom. The molecule has 2 aliphatic heterocycles. The molecule has 4 nitrogen and oxygen atoms in total. The summed E-state index contributed by atoms with van der Waals surface area (Å²) in [7, 11) is 0. The van der Waals surface area contributed by atoms with E-state index in [4.69, 9.17) is 4.74 Å². The van der Waals surface area contributed by atoms with E-state index in [0.29, 0.717) is 17.9 Å². The first kappa shape index (κ1) is 17.8. The highest BCUT2D eigenvalue weighted by Gasteiger charge is 2.41. The lowest BCUT2D eigenvalue weighted by molar-refractivity contribution is -0.123. The van der Waals surface area contributed by atoms with Gasteiger partial charge in [0, 0.05) is 24.4 Å². The predicted molar refractivity (Wildman–Crippen MR) is 103 cm³/mol. The molecule has 1 spiro atoms. The second kappa shape index (κ2) is 7.22. The van der Waals surface area contributed by atoms with E-state index in [0.717, 1.165) is 31.6 Å². The highest BCUT2D eigenvalue weighted by atomic mass is 16.5. The van der Waals surface area contributed by atoms with Crippen LogP contribution in [0.4, 0.5) is 0 Å². The number of rotatable bonds is 5. The molecular formula is C22H32N2O2. The van der Waals surface area contributed by atoms with Crippen molar-refractivity contribution in [2.24, 2.45) is 5.92 Å². The normalized spacial score (nSPS) is 27.3. The lowest BCUT2D eigenvalue weighted by atomic mass is 9.68. The van der Waals surface area contributed by atoms with Gasteiger partial charge in [0.2, 0.25) is 5.91 Å². The van der Waals surface area contributed by atoms with Gasteiger partial charge >= 0.3 is 0 Å². The molecule has 1 aromatic carbocycles. The van der Waals surface area contributed by atoms with Crippen molar-refractivity contribution in [2.45, 2.75) is 82.9 Å². The summed E-state index contributed by atoms with van der Waals surface area (Å²) in [6.07, 6.45) is 9.07. The SMILES string of the molecule is CC1Cc2cc(C[C@@H](C)NC(=O)CC3CCNC4(CCC4)C3)ccc2O1. The Morgan fingerprint density at radius 2 is 2.27 bits per heavy atom. The topological polar surface area (TPSA) is 50.4 Å². The molecule has 3 atom stereocenters. The van der Waals surface area contributed by atoms with Gasteiger partial charge in [0.1, 0.15) is 11.9 Å². The minimum atomic E-state index is 0.166. The fraction of sp³-hybridized carbons (Fsp3) is 0.682. The van der Waals surface area contributed by atoms with Crippen LogP contribution in [0.5, 0.6) is 5.75 Å². The summed E-state index contributed by atoms with van der Waals surface area (Å²) < 4.78 is 5.77. The Bertz CT molecular complexity index is 668. The Balaban J connectivity index is 1.26. The van der Waals surface area contributed by atoms with Crippen LogP contribution in [0, 0.1) is 5.92 Å². The zero-order chi connectivity index (χ0) is 18.1. The van der Waals surface area contributed by atoms with Gasteiger partial charge in [-0.15, -0.1) is 0 Å². The average Bonchev–Trinajstić information content (AvgIpc) is 2.92. The van der Waals surface area contributed by atoms with E-state index in [9.17, 15) is 4.79 Å². The first-order valence-corrected chi connectivity index (χ1v) is 10.3. The average molecular weight is 357 g/mol. The minimum absolute atomic E-state index is 0.166. The molecule has 0 aromatic heterocycles. The van der Waals surface area contributed by atoms with Crippen LogP contribution in [0.15, 0.2) is 18.2 Å². The number of carbonyl (C=O) groups is 1. The quantitative estimate of drug-likeness (QED) is 0.850. The van der Waals surface area contributed by atoms with Gasteiger partial charge in [0.15, 0.2) is 0 Å². The summed E-state index contributed by atoms with van der Waals surface area (Å²) >= 11 is 0. The molecule has 1 saturated carbocycles. The summed E-state index contributed by atoms with van der Waals surface area (Å²) in [6.45, 7) is 5.29. The van der Waals surface area contributed by atoms with Crippen LogP contribution in [0.25, 0.3) is 0 Å². The van der Waals surface area contributed by atoms with Gasteiger partial charge in [-0.05, 0) is 82.0 Å². The number of hydrogen-bond donors (Lipinski definition) is 2. The summed E-state index contributed by atoms with van der Waals surface area (Å²) in [5.41, 5.74) is 2.96. The fourth-order valence-electron chi connectivity index (χ4n) is 5.03. The van der Waals surface area contributed by atoms with E-state index in [2.05, 4.69) is 42.7 Å². The standard InChI is InChI=1S/C22H32N2O2/c1-15(10-17-4-5-20-19(12-17)11-16(2)26-20)24-21(25)13-18-6-9-23-22(14-18)7-3-8-22/h4-5,12,15-16,18,23H,3,6-11,13-14H2,1-2H3,(H,24,25)/t15-,16?,18?/m1/s1. The Hall–Kier alpha value is -1.55. The second-order valence-electron chi connectivity index (χ2n) is 8.87. The molecule has 0 radical (unpaired) electrons. The van der Waals surface area contributed by atoms with Crippen LogP contribution in [-0.2, 0) is 17.6 Å². The monoisotopic (exact) mass is 356 g/mol. The lowest BCUT2D eigenvalue weighted by Crippen LogP contribution is -2.56. The molecule has 0 bridgehead atoms. The molecule has 1 aromatic rings. The third-order valence-corrected chi connectivity index (χ3v) is 6.43. The molecule has 1 aliphatic carbocycles. The minimum Gasteiger partial charge on any atom is -0.490 e. The van der Waals surface area contributed by atoms with Crippen molar-refractivity contribution in [2.75, 3.05) is 6.54 Å². The lowest BCUT2D eigenvalue weighted by Gasteiger charge is -2.48. The van der Waals surface area contributed by atoms with E-state index in [1.54, 1.807) is 0 Å². The number of amides is 1. The van der Waals surface area contributed by atoms with Gasteiger partial charge in [-0.3, -0.25) is 4.79 Å². The maximum Gasteiger partial charge on any atom is 0.220 e. The smallest absolute Gasteiger partial charge is 0.220 e. The first-order chi connectivity index (χ1) is 12.5. The summed E-state index contributed by atoms with van der Waals surface area (Å²) in [4.78, 5) is 12.5. The fourth-order valence-corrected chi connectivity index (χ4v) is 5.03. The van der Waals surface area contributed by atoms with Crippen molar-refractivity contribution in [3.05, 3.63) is 29.3 Å². The molecule has 3 aliphatic rings. The van der Waals surface area contributed by atoms with Gasteiger partial charge < -0.3 is 15.4 Å². The number of piperidine rings is 1. The molecule has 1 amide bonds. The van der Waals surface area contributed by atoms with E-state index >= 15 is 0 Å². The third-order valence-electron chi connectivity index (χ3n) is 6.43. The largest absolute Gasteiger partial charge is 0.490 e. The van der Waals surface area contributed by atoms with Gasteiger partial charge in [0.25, 0.3) is 0 Å². The van der Waals surface area contributed by atoms with Crippen LogP contribution in [0.3, 0.4) is 0 Å². The summed E-state index contributed by atoms with van der Waals surface area (Å²) in [5, 5.41) is 6.92. The first-order valence-electron chi connectivity index (χ1n) is 10.3. The van der Waals surface area contributed by atoms with Gasteiger partial charge in [-0.1, -0.05) is 12.1 Å². The van der Waals surface area contributed by atoms with Crippen molar-refractivity contribution in [1.29, 1.82) is 0 Å². The number of fused-ring (bicyclic) bond motifs is 1. The van der Waals surface area contributed by atoms with Gasteiger partial charge in [-0.25, -0.2) is 0 Å². The van der Waals surface area contributed by atoms with Crippen LogP contribution in [0.1, 0.15) is 63.5 Å². The molecule has 2 N–H and O–H groups in total. The summed E-state index contributed by atoms with van der Waals surface area (Å²) in [6, 6.07) is 6.62. The maximum absolute atomic E-state index is 12.5. The molecule has 26 heavy (non-hydrogen) atoms. The van der Waals surface area contributed by atoms with Crippen molar-refractivity contribution in [3.8, 4) is 5.75 Å². The van der Waals surface area contributed by atoms with Gasteiger partial charge in [-0.2, -0.15) is 0 Å². The number of benzene rings is 1. The Morgan fingerprint density at radius 1 is 1.42 bits per heavy atom. The van der Waals surface area contributed by atoms with E-state index < -0.39 is 0 Å². The van der Waals surface area contributed by atoms with Gasteiger partial charge in [0.05, 0.1) is 0 Å². The Kier molecular flexibility index (Phi) is 4.96. The third kappa shape index (κ3) is 3.90. The van der Waals surface area contributed by atoms with Crippen molar-refractivity contribution in [1.82, 2.24) is 10.6 Å². The van der Waals surface area contributed by atoms with E-state index in [1.807, 2.05) is 0 Å². The molecule has 4 heteroatoms. The molecule has 142 valence electrons. The van der Waals surface area contributed by atoms with E-state index in [1.165, 1.54) is 36.8 Å². The Labute approximate surface area is 157 Å². The van der Waals surface area contributed by atoms with Crippen LogP contribution >= 0.6 is 0 Å². The molecule has 2 fully saturated rings. The molecular weight excluding hydrogens is 324 g/mol.